The maximum Gasteiger partial charge on any atom is 0.246 e. The number of carbonyl (C=O) groups is 1. The molecular formula is C15H19FN2O. The summed E-state index contributed by atoms with van der Waals surface area (Å²) in [5.41, 5.74) is 6.78. The number of nitrogens with zero attached hydrogens (tertiary/aromatic N) is 1. The molecule has 0 saturated carbocycles. The number of halogens is 1. The lowest BCUT2D eigenvalue weighted by molar-refractivity contribution is -0.127. The van der Waals surface area contributed by atoms with Crippen molar-refractivity contribution in [2.24, 2.45) is 11.7 Å². The van der Waals surface area contributed by atoms with Gasteiger partial charge in [0.1, 0.15) is 5.82 Å². The summed E-state index contributed by atoms with van der Waals surface area (Å²) >= 11 is 0. The highest BCUT2D eigenvalue weighted by molar-refractivity contribution is 5.91. The lowest BCUT2D eigenvalue weighted by atomic mass is 9.94. The fourth-order valence-electron chi connectivity index (χ4n) is 2.15. The van der Waals surface area contributed by atoms with E-state index in [1.807, 2.05) is 0 Å². The molecule has 1 heterocycles. The second kappa shape index (κ2) is 5.97. The fraction of sp³-hybridized carbons (Fsp3) is 0.400. The van der Waals surface area contributed by atoms with Gasteiger partial charge in [-0.3, -0.25) is 4.79 Å². The predicted molar refractivity (Wildman–Crippen MR) is 73.8 cm³/mol. The van der Waals surface area contributed by atoms with Gasteiger partial charge in [0.05, 0.1) is 0 Å². The van der Waals surface area contributed by atoms with E-state index in [2.05, 4.69) is 6.92 Å². The molecule has 1 aromatic carbocycles. The molecule has 2 unspecified atom stereocenters. The molecule has 4 heteroatoms. The molecule has 2 N–H and O–H groups in total. The first kappa shape index (κ1) is 13.7. The van der Waals surface area contributed by atoms with Crippen molar-refractivity contribution >= 4 is 12.0 Å². The Morgan fingerprint density at radius 1 is 1.42 bits per heavy atom. The van der Waals surface area contributed by atoms with Crippen molar-refractivity contribution < 1.29 is 9.18 Å². The molecule has 1 aliphatic rings. The molecule has 0 bridgehead atoms. The summed E-state index contributed by atoms with van der Waals surface area (Å²) in [6, 6.07) is 6.09. The number of hydrogen-bond acceptors (Lipinski definition) is 2. The first-order valence-electron chi connectivity index (χ1n) is 6.54. The molecule has 2 rings (SSSR count). The van der Waals surface area contributed by atoms with Crippen LogP contribution in [-0.4, -0.2) is 29.9 Å². The van der Waals surface area contributed by atoms with Crippen LogP contribution in [0.25, 0.3) is 6.08 Å². The van der Waals surface area contributed by atoms with Crippen LogP contribution in [0.5, 0.6) is 0 Å². The molecule has 1 aromatic rings. The first-order valence-corrected chi connectivity index (χ1v) is 6.54. The van der Waals surface area contributed by atoms with E-state index in [0.717, 1.165) is 18.5 Å². The number of benzene rings is 1. The average Bonchev–Trinajstić information content (AvgIpc) is 2.41. The Labute approximate surface area is 112 Å². The van der Waals surface area contributed by atoms with Crippen LogP contribution in [0.2, 0.25) is 0 Å². The summed E-state index contributed by atoms with van der Waals surface area (Å²) in [7, 11) is 0. The van der Waals surface area contributed by atoms with Gasteiger partial charge in [-0.15, -0.1) is 0 Å². The van der Waals surface area contributed by atoms with E-state index >= 15 is 0 Å². The molecule has 1 saturated heterocycles. The number of likely N-dealkylation sites (tertiary alicyclic amines) is 1. The Morgan fingerprint density at radius 3 is 2.74 bits per heavy atom. The van der Waals surface area contributed by atoms with Crippen LogP contribution < -0.4 is 5.73 Å². The van der Waals surface area contributed by atoms with Crippen LogP contribution in [0.4, 0.5) is 4.39 Å². The third kappa shape index (κ3) is 3.64. The minimum Gasteiger partial charge on any atom is -0.338 e. The number of piperidine rings is 1. The molecule has 0 aliphatic carbocycles. The molecule has 2 atom stereocenters. The standard InChI is InChI=1S/C15H19FN2O/c1-11-8-9-18(10-14(11)17)15(19)7-4-12-2-5-13(16)6-3-12/h2-7,11,14H,8-10,17H2,1H3. The lowest BCUT2D eigenvalue weighted by Crippen LogP contribution is -2.49. The zero-order valence-corrected chi connectivity index (χ0v) is 11.1. The van der Waals surface area contributed by atoms with Gasteiger partial charge >= 0.3 is 0 Å². The van der Waals surface area contributed by atoms with Gasteiger partial charge < -0.3 is 10.6 Å². The number of hydrogen-bond donors (Lipinski definition) is 1. The minimum absolute atomic E-state index is 0.0355. The van der Waals surface area contributed by atoms with Gasteiger partial charge in [-0.2, -0.15) is 0 Å². The molecule has 1 fully saturated rings. The van der Waals surface area contributed by atoms with Gasteiger partial charge in [-0.25, -0.2) is 4.39 Å². The van der Waals surface area contributed by atoms with Crippen molar-refractivity contribution in [3.05, 3.63) is 41.7 Å². The highest BCUT2D eigenvalue weighted by Gasteiger charge is 2.24. The Bertz CT molecular complexity index is 470. The SMILES string of the molecule is CC1CCN(C(=O)C=Cc2ccc(F)cc2)CC1N. The average molecular weight is 262 g/mol. The lowest BCUT2D eigenvalue weighted by Gasteiger charge is -2.34. The zero-order valence-electron chi connectivity index (χ0n) is 11.1. The summed E-state index contributed by atoms with van der Waals surface area (Å²) in [5, 5.41) is 0. The maximum atomic E-state index is 12.7. The van der Waals surface area contributed by atoms with Gasteiger partial charge in [0.15, 0.2) is 0 Å². The van der Waals surface area contributed by atoms with E-state index in [1.54, 1.807) is 23.1 Å². The third-order valence-corrected chi connectivity index (χ3v) is 3.62. The van der Waals surface area contributed by atoms with Crippen LogP contribution in [0.1, 0.15) is 18.9 Å². The number of carbonyl (C=O) groups excluding carboxylic acids is 1. The van der Waals surface area contributed by atoms with Crippen LogP contribution in [0.3, 0.4) is 0 Å². The molecular weight excluding hydrogens is 243 g/mol. The van der Waals surface area contributed by atoms with Gasteiger partial charge in [0.2, 0.25) is 5.91 Å². The molecule has 1 aliphatic heterocycles. The summed E-state index contributed by atoms with van der Waals surface area (Å²) in [5.74, 6) is 0.149. The van der Waals surface area contributed by atoms with E-state index < -0.39 is 0 Å². The van der Waals surface area contributed by atoms with Crippen molar-refractivity contribution in [1.82, 2.24) is 4.90 Å². The third-order valence-electron chi connectivity index (χ3n) is 3.62. The van der Waals surface area contributed by atoms with E-state index in [9.17, 15) is 9.18 Å². The summed E-state index contributed by atoms with van der Waals surface area (Å²) in [4.78, 5) is 13.8. The topological polar surface area (TPSA) is 46.3 Å². The smallest absolute Gasteiger partial charge is 0.246 e. The summed E-state index contributed by atoms with van der Waals surface area (Å²) in [6.45, 7) is 3.47. The molecule has 102 valence electrons. The van der Waals surface area contributed by atoms with Crippen molar-refractivity contribution in [3.63, 3.8) is 0 Å². The van der Waals surface area contributed by atoms with Crippen molar-refractivity contribution in [2.75, 3.05) is 13.1 Å². The van der Waals surface area contributed by atoms with Crippen LogP contribution in [0, 0.1) is 11.7 Å². The number of nitrogens with two attached hydrogens (primary N) is 1. The summed E-state index contributed by atoms with van der Waals surface area (Å²) in [6.07, 6.45) is 4.17. The van der Waals surface area contributed by atoms with E-state index in [1.165, 1.54) is 18.2 Å². The Balaban J connectivity index is 1.95. The Kier molecular flexibility index (Phi) is 4.32. The van der Waals surface area contributed by atoms with Crippen LogP contribution in [0.15, 0.2) is 30.3 Å². The van der Waals surface area contributed by atoms with Crippen molar-refractivity contribution in [1.29, 1.82) is 0 Å². The van der Waals surface area contributed by atoms with E-state index in [4.69, 9.17) is 5.73 Å². The van der Waals surface area contributed by atoms with Gasteiger partial charge in [-0.1, -0.05) is 19.1 Å². The highest BCUT2D eigenvalue weighted by atomic mass is 19.1. The second-order valence-corrected chi connectivity index (χ2v) is 5.10. The fourth-order valence-corrected chi connectivity index (χ4v) is 2.15. The Hall–Kier alpha value is -1.68. The molecule has 1 amide bonds. The maximum absolute atomic E-state index is 12.7. The molecule has 3 nitrogen and oxygen atoms in total. The van der Waals surface area contributed by atoms with Crippen LogP contribution in [-0.2, 0) is 4.79 Å². The number of rotatable bonds is 2. The molecule has 0 radical (unpaired) electrons. The first-order chi connectivity index (χ1) is 9.06. The number of amides is 1. The zero-order chi connectivity index (χ0) is 13.8. The summed E-state index contributed by atoms with van der Waals surface area (Å²) < 4.78 is 12.7. The van der Waals surface area contributed by atoms with Crippen molar-refractivity contribution in [3.8, 4) is 0 Å². The normalized spacial score (nSPS) is 23.8. The van der Waals surface area contributed by atoms with Gasteiger partial charge in [0.25, 0.3) is 0 Å². The molecule has 0 aromatic heterocycles. The van der Waals surface area contributed by atoms with E-state index in [0.29, 0.717) is 12.5 Å². The van der Waals surface area contributed by atoms with Crippen LogP contribution >= 0.6 is 0 Å². The monoisotopic (exact) mass is 262 g/mol. The molecule has 19 heavy (non-hydrogen) atoms. The van der Waals surface area contributed by atoms with Crippen molar-refractivity contribution in [2.45, 2.75) is 19.4 Å². The van der Waals surface area contributed by atoms with Gasteiger partial charge in [-0.05, 0) is 36.1 Å². The second-order valence-electron chi connectivity index (χ2n) is 5.10. The van der Waals surface area contributed by atoms with E-state index in [-0.39, 0.29) is 17.8 Å². The predicted octanol–water partition coefficient (Wildman–Crippen LogP) is 2.03. The minimum atomic E-state index is -0.278. The quantitative estimate of drug-likeness (QED) is 0.829. The largest absolute Gasteiger partial charge is 0.338 e. The van der Waals surface area contributed by atoms with Gasteiger partial charge in [0, 0.05) is 25.2 Å². The molecule has 0 spiro atoms. The Morgan fingerprint density at radius 2 is 2.11 bits per heavy atom. The highest BCUT2D eigenvalue weighted by Crippen LogP contribution is 2.16.